The summed E-state index contributed by atoms with van der Waals surface area (Å²) >= 11 is 0. The second-order valence-electron chi connectivity index (χ2n) is 6.62. The molecule has 0 saturated carbocycles. The lowest BCUT2D eigenvalue weighted by Gasteiger charge is -2.30. The van der Waals surface area contributed by atoms with Gasteiger partial charge in [0, 0.05) is 5.41 Å². The summed E-state index contributed by atoms with van der Waals surface area (Å²) in [4.78, 5) is 0. The molecule has 0 fully saturated rings. The maximum atomic E-state index is 6.01. The molecule has 1 heteroatoms. The van der Waals surface area contributed by atoms with Gasteiger partial charge in [0.2, 0.25) is 0 Å². The standard InChI is InChI=1S/C18H30O/c1-7-18(8-2,9-3)14-19-16-12-10-15(11-13-16)17(4,5)6/h10-13H,7-9,14H2,1-6H3. The topological polar surface area (TPSA) is 9.23 Å². The van der Waals surface area contributed by atoms with Crippen LogP contribution in [0.1, 0.15) is 66.4 Å². The van der Waals surface area contributed by atoms with Crippen LogP contribution < -0.4 is 4.74 Å². The first kappa shape index (κ1) is 16.1. The maximum Gasteiger partial charge on any atom is 0.119 e. The lowest BCUT2D eigenvalue weighted by molar-refractivity contribution is 0.128. The molecule has 0 aliphatic rings. The van der Waals surface area contributed by atoms with Crippen LogP contribution in [0.4, 0.5) is 0 Å². The predicted molar refractivity (Wildman–Crippen MR) is 83.9 cm³/mol. The molecule has 1 aromatic rings. The molecule has 0 saturated heterocycles. The average Bonchev–Trinajstić information content (AvgIpc) is 2.40. The smallest absolute Gasteiger partial charge is 0.119 e. The third kappa shape index (κ3) is 4.26. The summed E-state index contributed by atoms with van der Waals surface area (Å²) in [7, 11) is 0. The van der Waals surface area contributed by atoms with Gasteiger partial charge in [-0.05, 0) is 42.4 Å². The van der Waals surface area contributed by atoms with Crippen molar-refractivity contribution in [2.24, 2.45) is 5.41 Å². The van der Waals surface area contributed by atoms with Gasteiger partial charge in [-0.3, -0.25) is 0 Å². The minimum absolute atomic E-state index is 0.207. The molecule has 0 amide bonds. The monoisotopic (exact) mass is 262 g/mol. The highest BCUT2D eigenvalue weighted by Crippen LogP contribution is 2.31. The van der Waals surface area contributed by atoms with Gasteiger partial charge >= 0.3 is 0 Å². The zero-order valence-corrected chi connectivity index (χ0v) is 13.5. The fraction of sp³-hybridized carbons (Fsp3) is 0.667. The van der Waals surface area contributed by atoms with E-state index >= 15 is 0 Å². The fourth-order valence-corrected chi connectivity index (χ4v) is 2.34. The van der Waals surface area contributed by atoms with Crippen LogP contribution in [0.3, 0.4) is 0 Å². The van der Waals surface area contributed by atoms with Gasteiger partial charge in [0.05, 0.1) is 6.61 Å². The molecule has 0 aliphatic carbocycles. The van der Waals surface area contributed by atoms with E-state index in [4.69, 9.17) is 4.74 Å². The summed E-state index contributed by atoms with van der Waals surface area (Å²) in [5, 5.41) is 0. The van der Waals surface area contributed by atoms with Crippen molar-refractivity contribution in [1.29, 1.82) is 0 Å². The van der Waals surface area contributed by atoms with Gasteiger partial charge in [-0.15, -0.1) is 0 Å². The maximum absolute atomic E-state index is 6.01. The third-order valence-electron chi connectivity index (χ3n) is 4.52. The van der Waals surface area contributed by atoms with Crippen LogP contribution >= 0.6 is 0 Å². The Morgan fingerprint density at radius 3 is 1.68 bits per heavy atom. The van der Waals surface area contributed by atoms with Gasteiger partial charge < -0.3 is 4.74 Å². The Bertz CT molecular complexity index is 357. The molecule has 0 radical (unpaired) electrons. The summed E-state index contributed by atoms with van der Waals surface area (Å²) in [5.41, 5.74) is 1.90. The Kier molecular flexibility index (Phi) is 5.46. The largest absolute Gasteiger partial charge is 0.493 e. The molecule has 0 unspecified atom stereocenters. The second-order valence-corrected chi connectivity index (χ2v) is 6.62. The summed E-state index contributed by atoms with van der Waals surface area (Å²) in [6, 6.07) is 8.57. The Labute approximate surface area is 119 Å². The zero-order valence-electron chi connectivity index (χ0n) is 13.5. The molecule has 0 bridgehead atoms. The number of hydrogen-bond donors (Lipinski definition) is 0. The number of ether oxygens (including phenoxy) is 1. The van der Waals surface area contributed by atoms with Crippen molar-refractivity contribution in [3.63, 3.8) is 0 Å². The predicted octanol–water partition coefficient (Wildman–Crippen LogP) is 5.58. The number of hydrogen-bond acceptors (Lipinski definition) is 1. The van der Waals surface area contributed by atoms with Crippen LogP contribution in [0.5, 0.6) is 5.75 Å². The van der Waals surface area contributed by atoms with Crippen LogP contribution in [0.2, 0.25) is 0 Å². The Hall–Kier alpha value is -0.980. The molecule has 1 rings (SSSR count). The van der Waals surface area contributed by atoms with E-state index in [0.29, 0.717) is 5.41 Å². The van der Waals surface area contributed by atoms with Crippen molar-refractivity contribution in [2.45, 2.75) is 66.2 Å². The lowest BCUT2D eigenvalue weighted by atomic mass is 9.81. The normalized spacial score (nSPS) is 12.5. The van der Waals surface area contributed by atoms with E-state index in [9.17, 15) is 0 Å². The first-order valence-electron chi connectivity index (χ1n) is 7.60. The number of benzene rings is 1. The molecule has 0 atom stereocenters. The molecule has 19 heavy (non-hydrogen) atoms. The minimum Gasteiger partial charge on any atom is -0.493 e. The average molecular weight is 262 g/mol. The summed E-state index contributed by atoms with van der Waals surface area (Å²) in [6.45, 7) is 14.3. The van der Waals surface area contributed by atoms with E-state index < -0.39 is 0 Å². The van der Waals surface area contributed by atoms with Gasteiger partial charge in [-0.1, -0.05) is 53.7 Å². The fourth-order valence-electron chi connectivity index (χ4n) is 2.34. The van der Waals surface area contributed by atoms with Crippen LogP contribution in [-0.4, -0.2) is 6.61 Å². The van der Waals surface area contributed by atoms with E-state index in [2.05, 4.69) is 65.8 Å². The van der Waals surface area contributed by atoms with Crippen LogP contribution in [0.25, 0.3) is 0 Å². The lowest BCUT2D eigenvalue weighted by Crippen LogP contribution is -2.26. The third-order valence-corrected chi connectivity index (χ3v) is 4.52. The van der Waals surface area contributed by atoms with Gasteiger partial charge in [-0.25, -0.2) is 0 Å². The van der Waals surface area contributed by atoms with Crippen molar-refractivity contribution in [3.05, 3.63) is 29.8 Å². The SMILES string of the molecule is CCC(CC)(CC)COc1ccc(C(C)(C)C)cc1. The molecule has 0 N–H and O–H groups in total. The molecule has 0 spiro atoms. The molecule has 1 aromatic carbocycles. The molecular formula is C18H30O. The molecule has 0 heterocycles. The van der Waals surface area contributed by atoms with E-state index in [1.165, 1.54) is 24.8 Å². The van der Waals surface area contributed by atoms with E-state index in [0.717, 1.165) is 12.4 Å². The van der Waals surface area contributed by atoms with Crippen molar-refractivity contribution < 1.29 is 4.74 Å². The Morgan fingerprint density at radius 1 is 0.842 bits per heavy atom. The highest BCUT2D eigenvalue weighted by Gasteiger charge is 2.24. The van der Waals surface area contributed by atoms with Gasteiger partial charge in [0.25, 0.3) is 0 Å². The first-order valence-corrected chi connectivity index (χ1v) is 7.60. The summed E-state index contributed by atoms with van der Waals surface area (Å²) < 4.78 is 6.01. The van der Waals surface area contributed by atoms with Gasteiger partial charge in [0.15, 0.2) is 0 Å². The van der Waals surface area contributed by atoms with Crippen molar-refractivity contribution in [3.8, 4) is 5.75 Å². The second kappa shape index (κ2) is 6.45. The van der Waals surface area contributed by atoms with Crippen molar-refractivity contribution in [2.75, 3.05) is 6.61 Å². The highest BCUT2D eigenvalue weighted by atomic mass is 16.5. The van der Waals surface area contributed by atoms with E-state index in [-0.39, 0.29) is 5.41 Å². The molecular weight excluding hydrogens is 232 g/mol. The molecule has 0 aromatic heterocycles. The summed E-state index contributed by atoms with van der Waals surface area (Å²) in [5.74, 6) is 0.993. The molecule has 108 valence electrons. The molecule has 1 nitrogen and oxygen atoms in total. The molecule has 0 aliphatic heterocycles. The van der Waals surface area contributed by atoms with Crippen LogP contribution in [0.15, 0.2) is 24.3 Å². The minimum atomic E-state index is 0.207. The van der Waals surface area contributed by atoms with Crippen molar-refractivity contribution >= 4 is 0 Å². The highest BCUT2D eigenvalue weighted by molar-refractivity contribution is 5.31. The van der Waals surface area contributed by atoms with Crippen LogP contribution in [-0.2, 0) is 5.41 Å². The van der Waals surface area contributed by atoms with Gasteiger partial charge in [0.1, 0.15) is 5.75 Å². The van der Waals surface area contributed by atoms with E-state index in [1.807, 2.05) is 0 Å². The Balaban J connectivity index is 2.69. The Morgan fingerprint density at radius 2 is 1.32 bits per heavy atom. The first-order chi connectivity index (χ1) is 8.87. The number of rotatable bonds is 6. The van der Waals surface area contributed by atoms with Crippen molar-refractivity contribution in [1.82, 2.24) is 0 Å². The quantitative estimate of drug-likeness (QED) is 0.650. The summed E-state index contributed by atoms with van der Waals surface area (Å²) in [6.07, 6.45) is 3.54. The van der Waals surface area contributed by atoms with Crippen LogP contribution in [0, 0.1) is 5.41 Å². The van der Waals surface area contributed by atoms with E-state index in [1.54, 1.807) is 0 Å². The van der Waals surface area contributed by atoms with Gasteiger partial charge in [-0.2, -0.15) is 0 Å². The zero-order chi connectivity index (χ0) is 14.5.